The van der Waals surface area contributed by atoms with Crippen LogP contribution in [0, 0.1) is 5.21 Å². The summed E-state index contributed by atoms with van der Waals surface area (Å²) in [7, 11) is 0. The Labute approximate surface area is 145 Å². The van der Waals surface area contributed by atoms with Gasteiger partial charge in [-0.15, -0.1) is 0 Å². The molecular weight excluding hydrogens is 320 g/mol. The first-order chi connectivity index (χ1) is 12.1. The maximum Gasteiger partial charge on any atom is 0.318 e. The zero-order chi connectivity index (χ0) is 17.8. The fourth-order valence-corrected chi connectivity index (χ4v) is 2.47. The number of hydrogen-bond donors (Lipinski definition) is 0. The summed E-state index contributed by atoms with van der Waals surface area (Å²) < 4.78 is 11.6. The number of aromatic nitrogens is 2. The highest BCUT2D eigenvalue weighted by Gasteiger charge is 2.26. The summed E-state index contributed by atoms with van der Waals surface area (Å²) in [6, 6.07) is 12.9. The first-order valence-corrected chi connectivity index (χ1v) is 8.02. The van der Waals surface area contributed by atoms with E-state index in [1.54, 1.807) is 26.0 Å². The molecular formula is C19H18N2O4. The second-order valence-corrected chi connectivity index (χ2v) is 5.52. The number of carbonyl (C=O) groups excluding carboxylic acids is 1. The molecule has 128 valence electrons. The second-order valence-electron chi connectivity index (χ2n) is 5.52. The molecule has 3 rings (SSSR count). The smallest absolute Gasteiger partial charge is 0.318 e. The Morgan fingerprint density at radius 2 is 1.96 bits per heavy atom. The number of oxazole rings is 1. The Kier molecular flexibility index (Phi) is 4.79. The van der Waals surface area contributed by atoms with Crippen LogP contribution in [0.2, 0.25) is 0 Å². The summed E-state index contributed by atoms with van der Waals surface area (Å²) in [5.74, 6) is -0.271. The van der Waals surface area contributed by atoms with Gasteiger partial charge in [-0.25, -0.2) is 4.98 Å². The van der Waals surface area contributed by atoms with Crippen LogP contribution in [0.3, 0.4) is 0 Å². The lowest BCUT2D eigenvalue weighted by molar-refractivity contribution is -0.604. The van der Waals surface area contributed by atoms with Crippen LogP contribution in [0.4, 0.5) is 0 Å². The van der Waals surface area contributed by atoms with Crippen LogP contribution < -0.4 is 4.73 Å². The van der Waals surface area contributed by atoms with Gasteiger partial charge in [0.2, 0.25) is 5.89 Å². The number of pyridine rings is 1. The Hall–Kier alpha value is -3.15. The molecule has 0 N–H and O–H groups in total. The molecule has 0 aliphatic rings. The number of ether oxygens (including phenoxy) is 1. The van der Waals surface area contributed by atoms with Crippen molar-refractivity contribution in [3.05, 3.63) is 66.0 Å². The molecule has 2 heterocycles. The van der Waals surface area contributed by atoms with E-state index in [0.717, 1.165) is 5.56 Å². The summed E-state index contributed by atoms with van der Waals surface area (Å²) in [6.07, 6.45) is 2.82. The predicted molar refractivity (Wildman–Crippen MR) is 91.4 cm³/mol. The minimum Gasteiger partial charge on any atom is -0.619 e. The summed E-state index contributed by atoms with van der Waals surface area (Å²) in [6.45, 7) is 3.72. The standard InChI is InChI=1S/C19H18N2O4/c1-3-24-19(22)13(2)18-20-16(15-10-7-11-21(23)12-15)17(25-18)14-8-5-4-6-9-14/h4-13H,3H2,1-2H3. The molecule has 0 radical (unpaired) electrons. The fourth-order valence-electron chi connectivity index (χ4n) is 2.47. The van der Waals surface area contributed by atoms with Crippen molar-refractivity contribution in [3.8, 4) is 22.6 Å². The van der Waals surface area contributed by atoms with E-state index in [9.17, 15) is 10.0 Å². The number of benzene rings is 1. The Morgan fingerprint density at radius 3 is 2.64 bits per heavy atom. The summed E-state index contributed by atoms with van der Waals surface area (Å²) in [4.78, 5) is 16.5. The monoisotopic (exact) mass is 338 g/mol. The molecule has 0 aliphatic carbocycles. The van der Waals surface area contributed by atoms with Gasteiger partial charge in [-0.2, -0.15) is 4.73 Å². The lowest BCUT2D eigenvalue weighted by Crippen LogP contribution is -2.24. The van der Waals surface area contributed by atoms with Crippen molar-refractivity contribution in [1.82, 2.24) is 4.98 Å². The van der Waals surface area contributed by atoms with Gasteiger partial charge in [0.15, 0.2) is 18.2 Å². The van der Waals surface area contributed by atoms with Crippen molar-refractivity contribution in [2.75, 3.05) is 6.61 Å². The van der Waals surface area contributed by atoms with Crippen LogP contribution in [0.5, 0.6) is 0 Å². The lowest BCUT2D eigenvalue weighted by Gasteiger charge is -2.05. The van der Waals surface area contributed by atoms with E-state index in [2.05, 4.69) is 4.98 Å². The maximum absolute atomic E-state index is 12.0. The topological polar surface area (TPSA) is 79.3 Å². The molecule has 0 aliphatic heterocycles. The van der Waals surface area contributed by atoms with Gasteiger partial charge in [0, 0.05) is 11.6 Å². The third-order valence-corrected chi connectivity index (χ3v) is 3.74. The van der Waals surface area contributed by atoms with E-state index in [1.165, 1.54) is 12.4 Å². The number of carbonyl (C=O) groups is 1. The number of nitrogens with zero attached hydrogens (tertiary/aromatic N) is 2. The van der Waals surface area contributed by atoms with Crippen LogP contribution >= 0.6 is 0 Å². The molecule has 0 saturated heterocycles. The zero-order valence-corrected chi connectivity index (χ0v) is 14.0. The molecule has 0 bridgehead atoms. The highest BCUT2D eigenvalue weighted by atomic mass is 16.5. The van der Waals surface area contributed by atoms with Crippen molar-refractivity contribution < 1.29 is 18.7 Å². The van der Waals surface area contributed by atoms with Crippen LogP contribution in [-0.4, -0.2) is 17.6 Å². The molecule has 6 nitrogen and oxygen atoms in total. The van der Waals surface area contributed by atoms with Gasteiger partial charge in [0.25, 0.3) is 0 Å². The normalized spacial score (nSPS) is 11.9. The molecule has 6 heteroatoms. The van der Waals surface area contributed by atoms with Crippen molar-refractivity contribution in [1.29, 1.82) is 0 Å². The van der Waals surface area contributed by atoms with E-state index < -0.39 is 11.9 Å². The number of esters is 1. The quantitative estimate of drug-likeness (QED) is 0.405. The van der Waals surface area contributed by atoms with Gasteiger partial charge in [-0.1, -0.05) is 30.3 Å². The van der Waals surface area contributed by atoms with E-state index in [-0.39, 0.29) is 12.5 Å². The van der Waals surface area contributed by atoms with E-state index in [0.29, 0.717) is 21.7 Å². The average Bonchev–Trinajstić information content (AvgIpc) is 3.07. The van der Waals surface area contributed by atoms with Crippen LogP contribution in [0.25, 0.3) is 22.6 Å². The van der Waals surface area contributed by atoms with Crippen LogP contribution in [0.1, 0.15) is 25.7 Å². The molecule has 0 saturated carbocycles. The van der Waals surface area contributed by atoms with Crippen LogP contribution in [0.15, 0.2) is 59.3 Å². The number of rotatable bonds is 5. The first kappa shape index (κ1) is 16.7. The largest absolute Gasteiger partial charge is 0.619 e. The van der Waals surface area contributed by atoms with Gasteiger partial charge < -0.3 is 14.4 Å². The van der Waals surface area contributed by atoms with Gasteiger partial charge in [-0.3, -0.25) is 4.79 Å². The molecule has 0 fully saturated rings. The van der Waals surface area contributed by atoms with E-state index >= 15 is 0 Å². The lowest BCUT2D eigenvalue weighted by atomic mass is 10.1. The highest BCUT2D eigenvalue weighted by Crippen LogP contribution is 2.34. The minimum atomic E-state index is -0.640. The Morgan fingerprint density at radius 1 is 1.24 bits per heavy atom. The molecule has 1 unspecified atom stereocenters. The summed E-state index contributed by atoms with van der Waals surface area (Å²) in [5, 5.41) is 11.6. The fraction of sp³-hybridized carbons (Fsp3) is 0.211. The molecule has 2 aromatic heterocycles. The van der Waals surface area contributed by atoms with Crippen molar-refractivity contribution in [2.45, 2.75) is 19.8 Å². The van der Waals surface area contributed by atoms with Crippen molar-refractivity contribution in [2.24, 2.45) is 0 Å². The Bertz CT molecular complexity index is 874. The van der Waals surface area contributed by atoms with E-state index in [1.807, 2.05) is 30.3 Å². The van der Waals surface area contributed by atoms with Crippen LogP contribution in [-0.2, 0) is 9.53 Å². The number of hydrogen-bond acceptors (Lipinski definition) is 5. The van der Waals surface area contributed by atoms with Gasteiger partial charge in [0.05, 0.1) is 12.2 Å². The first-order valence-electron chi connectivity index (χ1n) is 8.02. The van der Waals surface area contributed by atoms with Gasteiger partial charge in [0.1, 0.15) is 11.6 Å². The summed E-state index contributed by atoms with van der Waals surface area (Å²) in [5.41, 5.74) is 1.94. The maximum atomic E-state index is 12.0. The third kappa shape index (κ3) is 3.52. The Balaban J connectivity index is 2.11. The average molecular weight is 338 g/mol. The molecule has 3 aromatic rings. The minimum absolute atomic E-state index is 0.258. The molecule has 1 aromatic carbocycles. The van der Waals surface area contributed by atoms with E-state index in [4.69, 9.17) is 9.15 Å². The summed E-state index contributed by atoms with van der Waals surface area (Å²) >= 11 is 0. The molecule has 1 atom stereocenters. The van der Waals surface area contributed by atoms with Crippen molar-refractivity contribution in [3.63, 3.8) is 0 Å². The SMILES string of the molecule is CCOC(=O)C(C)c1nc(-c2ccc[n+]([O-])c2)c(-c2ccccc2)o1. The highest BCUT2D eigenvalue weighted by molar-refractivity contribution is 5.79. The van der Waals surface area contributed by atoms with Gasteiger partial charge in [-0.05, 0) is 19.9 Å². The third-order valence-electron chi connectivity index (χ3n) is 3.74. The predicted octanol–water partition coefficient (Wildman–Crippen LogP) is 3.31. The van der Waals surface area contributed by atoms with Crippen molar-refractivity contribution >= 4 is 5.97 Å². The molecule has 25 heavy (non-hydrogen) atoms. The molecule has 0 amide bonds. The van der Waals surface area contributed by atoms with Gasteiger partial charge >= 0.3 is 5.97 Å². The second kappa shape index (κ2) is 7.17. The molecule has 0 spiro atoms. The zero-order valence-electron chi connectivity index (χ0n) is 14.0.